The third kappa shape index (κ3) is 11.3. The van der Waals surface area contributed by atoms with Crippen LogP contribution in [0.15, 0.2) is 0 Å². The number of unbranched alkanes of at least 4 members (excludes halogenated alkanes) is 10. The molecule has 0 radical (unpaired) electrons. The Labute approximate surface area is 133 Å². The largest absolute Gasteiger partial charge is 0.514 e. The van der Waals surface area contributed by atoms with Gasteiger partial charge in [0.25, 0.3) is 0 Å². The molecule has 0 unspecified atom stereocenters. The Morgan fingerprint density at radius 3 is 1.52 bits per heavy atom. The zero-order valence-electron chi connectivity index (χ0n) is 14.5. The minimum Gasteiger partial charge on any atom is -0.376 e. The van der Waals surface area contributed by atoms with E-state index < -0.39 is 8.80 Å². The molecule has 128 valence electrons. The highest BCUT2D eigenvalue weighted by atomic mass is 28.4. The monoisotopic (exact) mass is 319 g/mol. The van der Waals surface area contributed by atoms with E-state index in [1.165, 1.54) is 64.2 Å². The molecule has 5 heteroatoms. The van der Waals surface area contributed by atoms with Crippen molar-refractivity contribution in [2.45, 2.75) is 77.6 Å². The van der Waals surface area contributed by atoms with Crippen LogP contribution in [-0.4, -0.2) is 35.8 Å². The Bertz CT molecular complexity index is 205. The normalized spacial score (nSPS) is 12.0. The fourth-order valence-corrected chi connectivity index (χ4v) is 3.73. The van der Waals surface area contributed by atoms with Crippen molar-refractivity contribution in [2.24, 2.45) is 5.73 Å². The molecule has 0 bridgehead atoms. The number of hydrogen-bond donors (Lipinski definition) is 1. The summed E-state index contributed by atoms with van der Waals surface area (Å²) in [6.07, 6.45) is 15.0. The molecule has 2 N–H and O–H groups in total. The standard InChI is InChI=1S/C16H37NO3Si/c1-4-5-6-7-8-9-10-11-12-13-14-15-20-21(16-17,18-2)19-3/h4-17H2,1-3H3. The lowest BCUT2D eigenvalue weighted by molar-refractivity contribution is 0.0978. The van der Waals surface area contributed by atoms with E-state index in [9.17, 15) is 0 Å². The number of rotatable bonds is 16. The van der Waals surface area contributed by atoms with Crippen LogP contribution in [0.1, 0.15) is 77.6 Å². The zero-order chi connectivity index (χ0) is 15.8. The van der Waals surface area contributed by atoms with Gasteiger partial charge in [0.2, 0.25) is 0 Å². The second-order valence-electron chi connectivity index (χ2n) is 5.68. The van der Waals surface area contributed by atoms with Crippen LogP contribution >= 0.6 is 0 Å². The summed E-state index contributed by atoms with van der Waals surface area (Å²) in [5.74, 6) is 0. The van der Waals surface area contributed by atoms with Crippen LogP contribution in [0.2, 0.25) is 0 Å². The summed E-state index contributed by atoms with van der Waals surface area (Å²) in [5, 5.41) is 0. The molecule has 0 aromatic rings. The van der Waals surface area contributed by atoms with Gasteiger partial charge < -0.3 is 19.0 Å². The molecule has 21 heavy (non-hydrogen) atoms. The lowest BCUT2D eigenvalue weighted by Gasteiger charge is -2.24. The van der Waals surface area contributed by atoms with Gasteiger partial charge in [-0.3, -0.25) is 0 Å². The van der Waals surface area contributed by atoms with Gasteiger partial charge in [-0.05, 0) is 6.42 Å². The maximum atomic E-state index is 5.73. The summed E-state index contributed by atoms with van der Waals surface area (Å²) >= 11 is 0. The number of nitrogens with two attached hydrogens (primary N) is 1. The first-order valence-corrected chi connectivity index (χ1v) is 10.6. The molecule has 0 aromatic carbocycles. The smallest absolute Gasteiger partial charge is 0.376 e. The van der Waals surface area contributed by atoms with Crippen molar-refractivity contribution in [1.82, 2.24) is 0 Å². The molecule has 4 nitrogen and oxygen atoms in total. The van der Waals surface area contributed by atoms with Crippen LogP contribution in [0.5, 0.6) is 0 Å². The predicted molar refractivity (Wildman–Crippen MR) is 91.2 cm³/mol. The van der Waals surface area contributed by atoms with Crippen molar-refractivity contribution in [3.63, 3.8) is 0 Å². The van der Waals surface area contributed by atoms with Crippen LogP contribution in [-0.2, 0) is 13.3 Å². The van der Waals surface area contributed by atoms with Crippen molar-refractivity contribution in [1.29, 1.82) is 0 Å². The fourth-order valence-electron chi connectivity index (χ4n) is 2.42. The summed E-state index contributed by atoms with van der Waals surface area (Å²) in [6.45, 7) is 2.96. The molecule has 0 heterocycles. The fraction of sp³-hybridized carbons (Fsp3) is 1.00. The van der Waals surface area contributed by atoms with Gasteiger partial charge in [0.05, 0.1) is 6.17 Å². The summed E-state index contributed by atoms with van der Waals surface area (Å²) in [4.78, 5) is 0. The van der Waals surface area contributed by atoms with Crippen molar-refractivity contribution in [3.05, 3.63) is 0 Å². The van der Waals surface area contributed by atoms with E-state index in [0.29, 0.717) is 12.8 Å². The molecular weight excluding hydrogens is 282 g/mol. The van der Waals surface area contributed by atoms with Crippen molar-refractivity contribution in [2.75, 3.05) is 27.0 Å². The van der Waals surface area contributed by atoms with E-state index in [1.807, 2.05) is 0 Å². The van der Waals surface area contributed by atoms with E-state index in [1.54, 1.807) is 14.2 Å². The molecule has 0 amide bonds. The second kappa shape index (κ2) is 15.0. The summed E-state index contributed by atoms with van der Waals surface area (Å²) in [5.41, 5.74) is 5.65. The molecule has 0 rings (SSSR count). The highest BCUT2D eigenvalue weighted by Crippen LogP contribution is 2.12. The van der Waals surface area contributed by atoms with E-state index in [2.05, 4.69) is 6.92 Å². The first-order chi connectivity index (χ1) is 10.2. The highest BCUT2D eigenvalue weighted by molar-refractivity contribution is 6.60. The molecule has 0 aliphatic carbocycles. The summed E-state index contributed by atoms with van der Waals surface area (Å²) in [7, 11) is 0.691. The molecule has 0 aromatic heterocycles. The average Bonchev–Trinajstić information content (AvgIpc) is 2.53. The van der Waals surface area contributed by atoms with Crippen LogP contribution in [0, 0.1) is 0 Å². The van der Waals surface area contributed by atoms with Crippen LogP contribution in [0.25, 0.3) is 0 Å². The van der Waals surface area contributed by atoms with E-state index in [-0.39, 0.29) is 0 Å². The van der Waals surface area contributed by atoms with E-state index >= 15 is 0 Å². The minimum absolute atomic E-state index is 0.345. The third-order valence-electron chi connectivity index (χ3n) is 3.94. The molecule has 0 atom stereocenters. The van der Waals surface area contributed by atoms with Crippen LogP contribution in [0.4, 0.5) is 0 Å². The molecule has 0 spiro atoms. The third-order valence-corrected chi connectivity index (χ3v) is 6.33. The molecule has 0 saturated carbocycles. The van der Waals surface area contributed by atoms with Gasteiger partial charge in [0, 0.05) is 20.8 Å². The van der Waals surface area contributed by atoms with Crippen LogP contribution < -0.4 is 5.73 Å². The quantitative estimate of drug-likeness (QED) is 0.344. The maximum Gasteiger partial charge on any atom is 0.514 e. The lowest BCUT2D eigenvalue weighted by Crippen LogP contribution is -2.51. The van der Waals surface area contributed by atoms with Gasteiger partial charge in [0.1, 0.15) is 0 Å². The Morgan fingerprint density at radius 2 is 1.14 bits per heavy atom. The van der Waals surface area contributed by atoms with Crippen molar-refractivity contribution >= 4 is 8.80 Å². The van der Waals surface area contributed by atoms with Crippen molar-refractivity contribution < 1.29 is 13.3 Å². The van der Waals surface area contributed by atoms with Crippen molar-refractivity contribution in [3.8, 4) is 0 Å². The first-order valence-electron chi connectivity index (χ1n) is 8.69. The second-order valence-corrected chi connectivity index (χ2v) is 8.56. The molecule has 0 fully saturated rings. The Morgan fingerprint density at radius 1 is 0.714 bits per heavy atom. The van der Waals surface area contributed by atoms with Gasteiger partial charge in [-0.25, -0.2) is 0 Å². The minimum atomic E-state index is -2.54. The Balaban J connectivity index is 3.29. The Hall–Kier alpha value is 0.0569. The van der Waals surface area contributed by atoms with Crippen LogP contribution in [0.3, 0.4) is 0 Å². The van der Waals surface area contributed by atoms with E-state index in [4.69, 9.17) is 19.0 Å². The maximum absolute atomic E-state index is 5.73. The van der Waals surface area contributed by atoms with Gasteiger partial charge in [-0.15, -0.1) is 0 Å². The number of hydrogen-bond acceptors (Lipinski definition) is 4. The SMILES string of the molecule is CCCCCCCCCCCCCO[Si](CN)(OC)OC. The van der Waals surface area contributed by atoms with Gasteiger partial charge >= 0.3 is 8.80 Å². The van der Waals surface area contributed by atoms with E-state index in [0.717, 1.165) is 6.42 Å². The lowest BCUT2D eigenvalue weighted by atomic mass is 10.1. The van der Waals surface area contributed by atoms with Gasteiger partial charge in [-0.1, -0.05) is 71.1 Å². The molecule has 0 aliphatic heterocycles. The summed E-state index contributed by atoms with van der Waals surface area (Å²) < 4.78 is 16.3. The first kappa shape index (κ1) is 21.1. The molecule has 0 saturated heterocycles. The van der Waals surface area contributed by atoms with Gasteiger partial charge in [0.15, 0.2) is 0 Å². The highest BCUT2D eigenvalue weighted by Gasteiger charge is 2.37. The zero-order valence-corrected chi connectivity index (χ0v) is 15.5. The topological polar surface area (TPSA) is 53.7 Å². The van der Waals surface area contributed by atoms with Gasteiger partial charge in [-0.2, -0.15) is 0 Å². The summed E-state index contributed by atoms with van der Waals surface area (Å²) in [6, 6.07) is 0. The predicted octanol–water partition coefficient (Wildman–Crippen LogP) is 4.04. The molecule has 0 aliphatic rings. The Kier molecular flexibility index (Phi) is 15.0. The average molecular weight is 320 g/mol. The molecular formula is C16H37NO3Si.